The highest BCUT2D eigenvalue weighted by Gasteiger charge is 2.21. The summed E-state index contributed by atoms with van der Waals surface area (Å²) in [5.74, 6) is -3.33. The number of nitro groups is 1. The van der Waals surface area contributed by atoms with Crippen LogP contribution in [0.3, 0.4) is 0 Å². The van der Waals surface area contributed by atoms with Gasteiger partial charge in [-0.15, -0.1) is 0 Å². The van der Waals surface area contributed by atoms with Crippen molar-refractivity contribution in [2.75, 3.05) is 6.61 Å². The van der Waals surface area contributed by atoms with E-state index < -0.39 is 28.3 Å². The van der Waals surface area contributed by atoms with Crippen LogP contribution >= 0.6 is 0 Å². The molecule has 0 saturated heterocycles. The molecule has 1 aliphatic carbocycles. The molecular formula is C22H21F2NO5. The van der Waals surface area contributed by atoms with Gasteiger partial charge in [-0.2, -0.15) is 0 Å². The van der Waals surface area contributed by atoms with Gasteiger partial charge in [-0.05, 0) is 67.0 Å². The molecule has 0 unspecified atom stereocenters. The minimum atomic E-state index is -1.05. The van der Waals surface area contributed by atoms with E-state index in [0.29, 0.717) is 24.0 Å². The molecule has 3 rings (SSSR count). The number of aliphatic carboxylic acids is 1. The molecule has 2 aromatic carbocycles. The number of carboxylic acid groups (broad SMARTS) is 1. The van der Waals surface area contributed by atoms with Crippen molar-refractivity contribution in [1.82, 2.24) is 0 Å². The van der Waals surface area contributed by atoms with Gasteiger partial charge in [-0.3, -0.25) is 14.9 Å². The summed E-state index contributed by atoms with van der Waals surface area (Å²) in [4.78, 5) is 21.4. The number of hydrogen-bond donors (Lipinski definition) is 1. The van der Waals surface area contributed by atoms with Gasteiger partial charge in [-0.1, -0.05) is 12.1 Å². The third kappa shape index (κ3) is 4.82. The average Bonchev–Trinajstić information content (AvgIpc) is 3.14. The monoisotopic (exact) mass is 417 g/mol. The molecule has 0 saturated carbocycles. The number of halogens is 2. The van der Waals surface area contributed by atoms with E-state index in [4.69, 9.17) is 9.84 Å². The normalized spacial score (nSPS) is 13.6. The van der Waals surface area contributed by atoms with Crippen LogP contribution in [0, 0.1) is 28.7 Å². The topological polar surface area (TPSA) is 89.7 Å². The maximum atomic E-state index is 14.3. The molecule has 0 radical (unpaired) electrons. The lowest BCUT2D eigenvalue weighted by molar-refractivity contribution is -0.385. The number of aryl methyl sites for hydroxylation is 2. The molecule has 1 aliphatic rings. The summed E-state index contributed by atoms with van der Waals surface area (Å²) in [7, 11) is 0. The number of ether oxygens (including phenoxy) is 1. The van der Waals surface area contributed by atoms with E-state index in [1.54, 1.807) is 19.1 Å². The van der Waals surface area contributed by atoms with Gasteiger partial charge in [0.25, 0.3) is 5.69 Å². The lowest BCUT2D eigenvalue weighted by Crippen LogP contribution is -2.06. The van der Waals surface area contributed by atoms with Crippen LogP contribution in [0.5, 0.6) is 5.75 Å². The zero-order chi connectivity index (χ0) is 21.8. The fraction of sp³-hybridized carbons (Fsp3) is 0.318. The van der Waals surface area contributed by atoms with Crippen LogP contribution in [0.1, 0.15) is 42.4 Å². The van der Waals surface area contributed by atoms with Gasteiger partial charge in [0, 0.05) is 18.1 Å². The molecule has 0 heterocycles. The summed E-state index contributed by atoms with van der Waals surface area (Å²) in [6.45, 7) is 1.64. The van der Waals surface area contributed by atoms with Crippen LogP contribution in [0.25, 0.3) is 5.57 Å². The van der Waals surface area contributed by atoms with Gasteiger partial charge in [-0.25, -0.2) is 8.78 Å². The van der Waals surface area contributed by atoms with Crippen molar-refractivity contribution < 1.29 is 28.3 Å². The third-order valence-electron chi connectivity index (χ3n) is 5.16. The van der Waals surface area contributed by atoms with Crippen molar-refractivity contribution in [3.63, 3.8) is 0 Å². The number of nitrogens with zero attached hydrogens (tertiary/aromatic N) is 1. The molecule has 6 nitrogen and oxygen atoms in total. The first kappa shape index (κ1) is 21.4. The standard InChI is InChI=1S/C22H21F2NO5/c1-13-5-7-15(11-20(13)25(28)29)17-4-2-3-16(17)12-30-22-18(23)9-14(10-19(22)24)6-8-21(26)27/h5,7,9-11H,2-4,6,8,12H2,1H3,(H,26,27). The zero-order valence-electron chi connectivity index (χ0n) is 16.4. The Kier molecular flexibility index (Phi) is 6.44. The third-order valence-corrected chi connectivity index (χ3v) is 5.16. The van der Waals surface area contributed by atoms with Gasteiger partial charge >= 0.3 is 5.97 Å². The summed E-state index contributed by atoms with van der Waals surface area (Å²) >= 11 is 0. The Labute approximate surface area is 171 Å². The number of carbonyl (C=O) groups is 1. The molecule has 158 valence electrons. The quantitative estimate of drug-likeness (QED) is 0.470. The van der Waals surface area contributed by atoms with E-state index >= 15 is 0 Å². The Bertz CT molecular complexity index is 1010. The summed E-state index contributed by atoms with van der Waals surface area (Å²) < 4.78 is 34.1. The molecule has 0 aromatic heterocycles. The number of nitro benzene ring substituents is 1. The Balaban J connectivity index is 1.80. The molecule has 0 amide bonds. The molecular weight excluding hydrogens is 396 g/mol. The fourth-order valence-corrected chi connectivity index (χ4v) is 3.61. The second-order valence-electron chi connectivity index (χ2n) is 7.27. The Morgan fingerprint density at radius 2 is 1.90 bits per heavy atom. The second-order valence-corrected chi connectivity index (χ2v) is 7.27. The van der Waals surface area contributed by atoms with Crippen LogP contribution < -0.4 is 4.74 Å². The Morgan fingerprint density at radius 1 is 1.20 bits per heavy atom. The molecule has 8 heteroatoms. The highest BCUT2D eigenvalue weighted by atomic mass is 19.1. The second kappa shape index (κ2) is 9.02. The van der Waals surface area contributed by atoms with E-state index in [9.17, 15) is 23.7 Å². The minimum absolute atomic E-state index is 0.0188. The van der Waals surface area contributed by atoms with E-state index in [1.807, 2.05) is 0 Å². The van der Waals surface area contributed by atoms with Crippen LogP contribution in [0.15, 0.2) is 35.9 Å². The van der Waals surface area contributed by atoms with Crippen molar-refractivity contribution in [2.24, 2.45) is 0 Å². The van der Waals surface area contributed by atoms with Gasteiger partial charge in [0.15, 0.2) is 17.4 Å². The number of hydrogen-bond acceptors (Lipinski definition) is 4. The van der Waals surface area contributed by atoms with Crippen molar-refractivity contribution in [2.45, 2.75) is 39.0 Å². The molecule has 0 atom stereocenters. The first-order valence-corrected chi connectivity index (χ1v) is 9.55. The van der Waals surface area contributed by atoms with Crippen molar-refractivity contribution in [3.05, 3.63) is 74.3 Å². The van der Waals surface area contributed by atoms with Gasteiger partial charge in [0.2, 0.25) is 0 Å². The summed E-state index contributed by atoms with van der Waals surface area (Å²) in [5.41, 5.74) is 3.30. The van der Waals surface area contributed by atoms with Crippen LogP contribution in [0.2, 0.25) is 0 Å². The fourth-order valence-electron chi connectivity index (χ4n) is 3.61. The highest BCUT2D eigenvalue weighted by Crippen LogP contribution is 2.36. The predicted octanol–water partition coefficient (Wildman–Crippen LogP) is 5.22. The van der Waals surface area contributed by atoms with E-state index in [1.165, 1.54) is 6.07 Å². The molecule has 2 aromatic rings. The van der Waals surface area contributed by atoms with E-state index in [-0.39, 0.29) is 30.7 Å². The van der Waals surface area contributed by atoms with Crippen molar-refractivity contribution in [3.8, 4) is 5.75 Å². The molecule has 1 N–H and O–H groups in total. The minimum Gasteiger partial charge on any atom is -0.483 e. The summed E-state index contributed by atoms with van der Waals surface area (Å²) in [6, 6.07) is 7.17. The van der Waals surface area contributed by atoms with Gasteiger partial charge in [0.05, 0.1) is 4.92 Å². The van der Waals surface area contributed by atoms with E-state index in [2.05, 4.69) is 0 Å². The van der Waals surface area contributed by atoms with Crippen LogP contribution in [-0.4, -0.2) is 22.6 Å². The first-order chi connectivity index (χ1) is 14.3. The average molecular weight is 417 g/mol. The number of carboxylic acids is 1. The lowest BCUT2D eigenvalue weighted by Gasteiger charge is -2.13. The molecule has 0 aliphatic heterocycles. The molecule has 0 fully saturated rings. The Hall–Kier alpha value is -3.29. The number of benzene rings is 2. The zero-order valence-corrected chi connectivity index (χ0v) is 16.4. The lowest BCUT2D eigenvalue weighted by atomic mass is 10.00. The number of rotatable bonds is 8. The predicted molar refractivity (Wildman–Crippen MR) is 106 cm³/mol. The van der Waals surface area contributed by atoms with Crippen molar-refractivity contribution in [1.29, 1.82) is 0 Å². The van der Waals surface area contributed by atoms with Crippen LogP contribution in [-0.2, 0) is 11.2 Å². The molecule has 0 bridgehead atoms. The summed E-state index contributed by atoms with van der Waals surface area (Å²) in [5, 5.41) is 19.9. The highest BCUT2D eigenvalue weighted by molar-refractivity contribution is 5.73. The van der Waals surface area contributed by atoms with Gasteiger partial charge < -0.3 is 9.84 Å². The molecule has 30 heavy (non-hydrogen) atoms. The largest absolute Gasteiger partial charge is 0.483 e. The maximum absolute atomic E-state index is 14.3. The number of allylic oxidation sites excluding steroid dienone is 1. The smallest absolute Gasteiger partial charge is 0.303 e. The van der Waals surface area contributed by atoms with Crippen molar-refractivity contribution >= 4 is 17.2 Å². The summed E-state index contributed by atoms with van der Waals surface area (Å²) in [6.07, 6.45) is 2.01. The first-order valence-electron chi connectivity index (χ1n) is 9.55. The Morgan fingerprint density at radius 3 is 2.53 bits per heavy atom. The molecule has 0 spiro atoms. The maximum Gasteiger partial charge on any atom is 0.303 e. The van der Waals surface area contributed by atoms with Crippen LogP contribution in [0.4, 0.5) is 14.5 Å². The van der Waals surface area contributed by atoms with E-state index in [0.717, 1.165) is 29.7 Å². The SMILES string of the molecule is Cc1ccc(C2=C(COc3c(F)cc(CCC(=O)O)cc3F)CCC2)cc1[N+](=O)[O-]. The van der Waals surface area contributed by atoms with Gasteiger partial charge in [0.1, 0.15) is 6.61 Å².